The number of aliphatic hydroxyl groups is 1. The molecule has 96 valence electrons. The Bertz CT molecular complexity index is 381. The first-order valence-electron chi connectivity index (χ1n) is 5.49. The van der Waals surface area contributed by atoms with Gasteiger partial charge in [-0.25, -0.2) is 0 Å². The summed E-state index contributed by atoms with van der Waals surface area (Å²) in [6, 6.07) is 5.22. The summed E-state index contributed by atoms with van der Waals surface area (Å²) in [5.74, 6) is 5.83. The van der Waals surface area contributed by atoms with Crippen molar-refractivity contribution in [3.8, 4) is 5.75 Å². The van der Waals surface area contributed by atoms with Crippen LogP contribution >= 0.6 is 11.6 Å². The van der Waals surface area contributed by atoms with Crippen LogP contribution in [0.5, 0.6) is 5.75 Å². The zero-order valence-electron chi connectivity index (χ0n) is 10.3. The normalized spacial score (nSPS) is 14.8. The van der Waals surface area contributed by atoms with Crippen molar-refractivity contribution in [3.63, 3.8) is 0 Å². The number of halogens is 1. The molecule has 1 unspecified atom stereocenters. The quantitative estimate of drug-likeness (QED) is 0.557. The van der Waals surface area contributed by atoms with Gasteiger partial charge in [0.2, 0.25) is 0 Å². The molecule has 0 aromatic heterocycles. The maximum Gasteiger partial charge on any atom is 0.138 e. The third-order valence-corrected chi connectivity index (χ3v) is 2.66. The molecule has 4 N–H and O–H groups in total. The van der Waals surface area contributed by atoms with Gasteiger partial charge in [-0.1, -0.05) is 17.7 Å². The fraction of sp³-hybridized carbons (Fsp3) is 0.500. The lowest BCUT2D eigenvalue weighted by atomic mass is 9.96. The summed E-state index contributed by atoms with van der Waals surface area (Å²) in [5.41, 5.74) is 2.08. The van der Waals surface area contributed by atoms with E-state index in [0.29, 0.717) is 16.3 Å². The Morgan fingerprint density at radius 2 is 2.18 bits per heavy atom. The van der Waals surface area contributed by atoms with Gasteiger partial charge in [0, 0.05) is 6.54 Å². The fourth-order valence-corrected chi connectivity index (χ4v) is 1.71. The van der Waals surface area contributed by atoms with Gasteiger partial charge in [0.1, 0.15) is 11.4 Å². The summed E-state index contributed by atoms with van der Waals surface area (Å²) in [5, 5.41) is 10.6. The van der Waals surface area contributed by atoms with Gasteiger partial charge < -0.3 is 9.84 Å². The second-order valence-corrected chi connectivity index (χ2v) is 4.87. The van der Waals surface area contributed by atoms with Crippen LogP contribution in [0.3, 0.4) is 0 Å². The van der Waals surface area contributed by atoms with Crippen molar-refractivity contribution in [2.24, 2.45) is 5.84 Å². The fourth-order valence-electron chi connectivity index (χ4n) is 1.49. The van der Waals surface area contributed by atoms with E-state index in [9.17, 15) is 5.11 Å². The van der Waals surface area contributed by atoms with Gasteiger partial charge in [-0.15, -0.1) is 0 Å². The molecule has 0 saturated carbocycles. The average Bonchev–Trinajstić information content (AvgIpc) is 2.20. The van der Waals surface area contributed by atoms with Crippen LogP contribution in [0.15, 0.2) is 18.2 Å². The molecule has 0 spiro atoms. The van der Waals surface area contributed by atoms with E-state index in [2.05, 4.69) is 5.43 Å². The minimum absolute atomic E-state index is 0.0598. The standard InChI is InChI=1S/C12H19ClN2O2/c1-8(2)17-11-5-4-9(6-10(11)13)12(3,16)7-15-14/h4-6,8,15-16H,7,14H2,1-3H3. The Morgan fingerprint density at radius 3 is 2.65 bits per heavy atom. The van der Waals surface area contributed by atoms with Crippen LogP contribution in [-0.4, -0.2) is 17.8 Å². The molecular formula is C12H19ClN2O2. The van der Waals surface area contributed by atoms with Crippen LogP contribution in [0.2, 0.25) is 5.02 Å². The van der Waals surface area contributed by atoms with E-state index in [1.54, 1.807) is 25.1 Å². The maximum atomic E-state index is 10.1. The molecule has 0 fully saturated rings. The molecule has 0 aliphatic heterocycles. The van der Waals surface area contributed by atoms with E-state index in [1.807, 2.05) is 13.8 Å². The van der Waals surface area contributed by atoms with Crippen molar-refractivity contribution in [2.75, 3.05) is 6.54 Å². The zero-order valence-corrected chi connectivity index (χ0v) is 11.1. The molecule has 5 heteroatoms. The SMILES string of the molecule is CC(C)Oc1ccc(C(C)(O)CNN)cc1Cl. The molecule has 0 bridgehead atoms. The number of hydrogen-bond acceptors (Lipinski definition) is 4. The lowest BCUT2D eigenvalue weighted by Crippen LogP contribution is -2.38. The minimum Gasteiger partial charge on any atom is -0.489 e. The van der Waals surface area contributed by atoms with Crippen molar-refractivity contribution in [1.82, 2.24) is 5.43 Å². The molecular weight excluding hydrogens is 240 g/mol. The van der Waals surface area contributed by atoms with Gasteiger partial charge >= 0.3 is 0 Å². The van der Waals surface area contributed by atoms with Crippen LogP contribution < -0.4 is 16.0 Å². The number of benzene rings is 1. The first kappa shape index (κ1) is 14.3. The van der Waals surface area contributed by atoms with Crippen molar-refractivity contribution in [3.05, 3.63) is 28.8 Å². The predicted octanol–water partition coefficient (Wildman–Crippen LogP) is 1.80. The highest BCUT2D eigenvalue weighted by atomic mass is 35.5. The van der Waals surface area contributed by atoms with E-state index in [-0.39, 0.29) is 12.6 Å². The molecule has 0 aliphatic carbocycles. The van der Waals surface area contributed by atoms with E-state index in [0.717, 1.165) is 0 Å². The summed E-state index contributed by atoms with van der Waals surface area (Å²) < 4.78 is 5.52. The second kappa shape index (κ2) is 5.69. The van der Waals surface area contributed by atoms with Crippen molar-refractivity contribution < 1.29 is 9.84 Å². The smallest absolute Gasteiger partial charge is 0.138 e. The first-order chi connectivity index (χ1) is 7.86. The zero-order chi connectivity index (χ0) is 13.1. The van der Waals surface area contributed by atoms with Gasteiger partial charge in [-0.2, -0.15) is 0 Å². The van der Waals surface area contributed by atoms with Gasteiger partial charge in [-0.3, -0.25) is 11.3 Å². The number of nitrogens with two attached hydrogens (primary N) is 1. The highest BCUT2D eigenvalue weighted by molar-refractivity contribution is 6.32. The summed E-state index contributed by atoms with van der Waals surface area (Å²) in [4.78, 5) is 0. The minimum atomic E-state index is -1.06. The molecule has 0 heterocycles. The Labute approximate surface area is 107 Å². The Kier molecular flexibility index (Phi) is 4.77. The average molecular weight is 259 g/mol. The summed E-state index contributed by atoms with van der Waals surface area (Å²) in [6.07, 6.45) is 0.0598. The topological polar surface area (TPSA) is 67.5 Å². The molecule has 4 nitrogen and oxygen atoms in total. The van der Waals surface area contributed by atoms with E-state index in [1.165, 1.54) is 0 Å². The number of nitrogens with one attached hydrogen (secondary N) is 1. The largest absolute Gasteiger partial charge is 0.489 e. The molecule has 17 heavy (non-hydrogen) atoms. The van der Waals surface area contributed by atoms with Crippen LogP contribution in [0.25, 0.3) is 0 Å². The van der Waals surface area contributed by atoms with Gasteiger partial charge in [0.25, 0.3) is 0 Å². The lowest BCUT2D eigenvalue weighted by molar-refractivity contribution is 0.0572. The highest BCUT2D eigenvalue weighted by Gasteiger charge is 2.23. The van der Waals surface area contributed by atoms with E-state index in [4.69, 9.17) is 22.2 Å². The Balaban J connectivity index is 2.95. The van der Waals surface area contributed by atoms with Crippen molar-refractivity contribution in [2.45, 2.75) is 32.5 Å². The molecule has 1 aromatic rings. The lowest BCUT2D eigenvalue weighted by Gasteiger charge is -2.24. The van der Waals surface area contributed by atoms with Crippen LogP contribution in [0.1, 0.15) is 26.3 Å². The Hall–Kier alpha value is -0.810. The third kappa shape index (κ3) is 3.85. The summed E-state index contributed by atoms with van der Waals surface area (Å²) >= 11 is 6.09. The Morgan fingerprint density at radius 1 is 1.53 bits per heavy atom. The van der Waals surface area contributed by atoms with Gasteiger partial charge in [-0.05, 0) is 38.5 Å². The van der Waals surface area contributed by atoms with E-state index >= 15 is 0 Å². The maximum absolute atomic E-state index is 10.1. The number of ether oxygens (including phenoxy) is 1. The third-order valence-electron chi connectivity index (χ3n) is 2.36. The highest BCUT2D eigenvalue weighted by Crippen LogP contribution is 2.30. The molecule has 0 aliphatic rings. The first-order valence-corrected chi connectivity index (χ1v) is 5.87. The van der Waals surface area contributed by atoms with Crippen LogP contribution in [0.4, 0.5) is 0 Å². The molecule has 1 rings (SSSR count). The molecule has 0 saturated heterocycles. The molecule has 0 amide bonds. The molecule has 0 radical (unpaired) electrons. The number of hydrogen-bond donors (Lipinski definition) is 3. The van der Waals surface area contributed by atoms with E-state index < -0.39 is 5.60 Å². The summed E-state index contributed by atoms with van der Waals surface area (Å²) in [6.45, 7) is 5.77. The molecule has 1 atom stereocenters. The van der Waals surface area contributed by atoms with Crippen molar-refractivity contribution in [1.29, 1.82) is 0 Å². The second-order valence-electron chi connectivity index (χ2n) is 4.47. The monoisotopic (exact) mass is 258 g/mol. The predicted molar refractivity (Wildman–Crippen MR) is 69.0 cm³/mol. The van der Waals surface area contributed by atoms with Crippen LogP contribution in [-0.2, 0) is 5.60 Å². The van der Waals surface area contributed by atoms with Crippen LogP contribution in [0, 0.1) is 0 Å². The van der Waals surface area contributed by atoms with Crippen molar-refractivity contribution >= 4 is 11.6 Å². The molecule has 1 aromatic carbocycles. The number of rotatable bonds is 5. The van der Waals surface area contributed by atoms with Gasteiger partial charge in [0.05, 0.1) is 11.1 Å². The summed E-state index contributed by atoms with van der Waals surface area (Å²) in [7, 11) is 0. The number of hydrazine groups is 1. The van der Waals surface area contributed by atoms with Gasteiger partial charge in [0.15, 0.2) is 0 Å².